The monoisotopic (exact) mass is 727 g/mol. The van der Waals surface area contributed by atoms with Gasteiger partial charge >= 0.3 is 0 Å². The third kappa shape index (κ3) is 4.92. The molecule has 2 heterocycles. The van der Waals surface area contributed by atoms with Gasteiger partial charge < -0.3 is 13.7 Å². The molecule has 3 nitrogen and oxygen atoms in total. The molecule has 0 saturated carbocycles. The van der Waals surface area contributed by atoms with Crippen LogP contribution in [-0.4, -0.2) is 0 Å². The Morgan fingerprint density at radius 3 is 1.93 bits per heavy atom. The highest BCUT2D eigenvalue weighted by molar-refractivity contribution is 6.20. The van der Waals surface area contributed by atoms with Crippen molar-refractivity contribution in [2.45, 2.75) is 0 Å². The summed E-state index contributed by atoms with van der Waals surface area (Å²) in [4.78, 5) is 2.40. The lowest BCUT2D eigenvalue weighted by Gasteiger charge is -2.29. The molecule has 0 N–H and O–H groups in total. The molecule has 0 spiro atoms. The van der Waals surface area contributed by atoms with E-state index in [1.54, 1.807) is 0 Å². The van der Waals surface area contributed by atoms with Crippen LogP contribution in [-0.2, 0) is 0 Å². The van der Waals surface area contributed by atoms with Crippen LogP contribution in [0.25, 0.3) is 98.4 Å². The van der Waals surface area contributed by atoms with Gasteiger partial charge in [0.2, 0.25) is 0 Å². The molecule has 266 valence electrons. The normalized spacial score (nSPS) is 11.9. The van der Waals surface area contributed by atoms with Gasteiger partial charge in [-0.25, -0.2) is 0 Å². The van der Waals surface area contributed by atoms with Crippen molar-refractivity contribution in [3.05, 3.63) is 200 Å². The average molecular weight is 728 g/mol. The minimum atomic E-state index is 0.858. The third-order valence-corrected chi connectivity index (χ3v) is 11.6. The largest absolute Gasteiger partial charge is 0.456 e. The van der Waals surface area contributed by atoms with E-state index in [9.17, 15) is 0 Å². The number of benzene rings is 10. The zero-order valence-electron chi connectivity index (χ0n) is 30.8. The number of nitrogens with zero attached hydrogens (tertiary/aromatic N) is 1. The molecule has 0 aliphatic heterocycles. The van der Waals surface area contributed by atoms with Gasteiger partial charge in [0, 0.05) is 49.6 Å². The second kappa shape index (κ2) is 12.5. The number of anilines is 3. The molecule has 10 aromatic carbocycles. The number of hydrogen-bond donors (Lipinski definition) is 0. The van der Waals surface area contributed by atoms with Crippen LogP contribution in [0.1, 0.15) is 0 Å². The van der Waals surface area contributed by atoms with E-state index in [-0.39, 0.29) is 0 Å². The summed E-state index contributed by atoms with van der Waals surface area (Å²) in [6.07, 6.45) is 0. The molecular weight excluding hydrogens is 695 g/mol. The van der Waals surface area contributed by atoms with E-state index < -0.39 is 0 Å². The van der Waals surface area contributed by atoms with Gasteiger partial charge in [-0.15, -0.1) is 0 Å². The van der Waals surface area contributed by atoms with Gasteiger partial charge in [0.15, 0.2) is 0 Å². The molecule has 0 saturated heterocycles. The molecule has 0 unspecified atom stereocenters. The first kappa shape index (κ1) is 31.7. The number of hydrogen-bond acceptors (Lipinski definition) is 3. The molecule has 0 fully saturated rings. The molecule has 12 rings (SSSR count). The quantitative estimate of drug-likeness (QED) is 0.177. The van der Waals surface area contributed by atoms with Crippen molar-refractivity contribution in [2.75, 3.05) is 4.90 Å². The van der Waals surface area contributed by atoms with E-state index in [1.165, 1.54) is 27.1 Å². The molecule has 0 aliphatic rings. The lowest BCUT2D eigenvalue weighted by molar-refractivity contribution is 0.669. The van der Waals surface area contributed by atoms with Gasteiger partial charge in [0.05, 0.1) is 11.4 Å². The van der Waals surface area contributed by atoms with Crippen LogP contribution in [0.3, 0.4) is 0 Å². The predicted molar refractivity (Wildman–Crippen MR) is 239 cm³/mol. The van der Waals surface area contributed by atoms with E-state index in [1.807, 2.05) is 12.1 Å². The van der Waals surface area contributed by atoms with E-state index in [4.69, 9.17) is 8.83 Å². The molecule has 0 radical (unpaired) electrons. The highest BCUT2D eigenvalue weighted by atomic mass is 16.3. The topological polar surface area (TPSA) is 29.5 Å². The van der Waals surface area contributed by atoms with Crippen molar-refractivity contribution in [1.82, 2.24) is 0 Å². The number of fused-ring (bicyclic) bond motifs is 11. The van der Waals surface area contributed by atoms with Crippen LogP contribution in [0.2, 0.25) is 0 Å². The maximum atomic E-state index is 6.76. The first-order valence-electron chi connectivity index (χ1n) is 19.4. The van der Waals surface area contributed by atoms with E-state index in [2.05, 4.69) is 193 Å². The molecule has 2 aromatic heterocycles. The van der Waals surface area contributed by atoms with E-state index >= 15 is 0 Å². The van der Waals surface area contributed by atoms with Crippen molar-refractivity contribution in [2.24, 2.45) is 0 Å². The maximum Gasteiger partial charge on any atom is 0.143 e. The molecule has 3 heteroatoms. The molecule has 57 heavy (non-hydrogen) atoms. The van der Waals surface area contributed by atoms with Gasteiger partial charge in [-0.2, -0.15) is 0 Å². The second-order valence-electron chi connectivity index (χ2n) is 14.8. The Morgan fingerprint density at radius 2 is 1.02 bits per heavy atom. The lowest BCUT2D eigenvalue weighted by atomic mass is 9.93. The standard InChI is InChI=1S/C54H33NO2/c1-2-12-34(13-3-1)40-15-8-10-20-48(40)55(38-26-28-44-45-27-24-35-14-4-5-16-41(35)54(45)57-52(44)33-38)49-30-29-39(42-17-6-7-18-43(42)49)37-23-22-36-25-31-51-53(47(36)32-37)46-19-9-11-21-50(46)56-51/h1-33H. The van der Waals surface area contributed by atoms with Gasteiger partial charge in [-0.1, -0.05) is 146 Å². The molecule has 0 atom stereocenters. The van der Waals surface area contributed by atoms with Gasteiger partial charge in [0.25, 0.3) is 0 Å². The maximum absolute atomic E-state index is 6.76. The SMILES string of the molecule is c1ccc(-c2ccccc2N(c2ccc3c(c2)oc2c4ccccc4ccc32)c2ccc(-c3ccc4ccc5oc6ccccc6c5c4c3)c3ccccc23)cc1. The summed E-state index contributed by atoms with van der Waals surface area (Å²) in [6.45, 7) is 0. The smallest absolute Gasteiger partial charge is 0.143 e. The fourth-order valence-electron chi connectivity index (χ4n) is 9.01. The summed E-state index contributed by atoms with van der Waals surface area (Å²) in [6, 6.07) is 71.6. The van der Waals surface area contributed by atoms with Crippen LogP contribution < -0.4 is 4.90 Å². The zero-order valence-corrected chi connectivity index (χ0v) is 30.8. The van der Waals surface area contributed by atoms with E-state index in [0.29, 0.717) is 0 Å². The Balaban J connectivity index is 1.09. The Hall–Kier alpha value is -7.62. The first-order chi connectivity index (χ1) is 28.3. The number of furan rings is 2. The minimum Gasteiger partial charge on any atom is -0.456 e. The van der Waals surface area contributed by atoms with Crippen molar-refractivity contribution in [1.29, 1.82) is 0 Å². The fourth-order valence-corrected chi connectivity index (χ4v) is 9.01. The summed E-state index contributed by atoms with van der Waals surface area (Å²) in [7, 11) is 0. The summed E-state index contributed by atoms with van der Waals surface area (Å²) in [5, 5.41) is 11.5. The molecule has 12 aromatic rings. The van der Waals surface area contributed by atoms with E-state index in [0.717, 1.165) is 88.4 Å². The first-order valence-corrected chi connectivity index (χ1v) is 19.4. The fraction of sp³-hybridized carbons (Fsp3) is 0. The van der Waals surface area contributed by atoms with Crippen LogP contribution >= 0.6 is 0 Å². The van der Waals surface area contributed by atoms with Gasteiger partial charge in [-0.3, -0.25) is 0 Å². The minimum absolute atomic E-state index is 0.858. The predicted octanol–water partition coefficient (Wildman–Crippen LogP) is 15.7. The van der Waals surface area contributed by atoms with Gasteiger partial charge in [-0.05, 0) is 86.8 Å². The molecule has 0 aliphatic carbocycles. The Bertz CT molecular complexity index is 3540. The van der Waals surface area contributed by atoms with Crippen molar-refractivity contribution < 1.29 is 8.83 Å². The Morgan fingerprint density at radius 1 is 0.316 bits per heavy atom. The summed E-state index contributed by atoms with van der Waals surface area (Å²) in [5.74, 6) is 0. The average Bonchev–Trinajstić information content (AvgIpc) is 3.86. The summed E-state index contributed by atoms with van der Waals surface area (Å²) >= 11 is 0. The van der Waals surface area contributed by atoms with Crippen molar-refractivity contribution >= 4 is 93.3 Å². The molecule has 0 amide bonds. The highest BCUT2D eigenvalue weighted by Crippen LogP contribution is 2.47. The lowest BCUT2D eigenvalue weighted by Crippen LogP contribution is -2.12. The van der Waals surface area contributed by atoms with Crippen LogP contribution in [0.15, 0.2) is 209 Å². The third-order valence-electron chi connectivity index (χ3n) is 11.6. The Kier molecular flexibility index (Phi) is 6.93. The molecular formula is C54H33NO2. The zero-order chi connectivity index (χ0) is 37.5. The molecule has 0 bridgehead atoms. The van der Waals surface area contributed by atoms with Crippen LogP contribution in [0.5, 0.6) is 0 Å². The summed E-state index contributed by atoms with van der Waals surface area (Å²) in [5.41, 5.74) is 11.4. The van der Waals surface area contributed by atoms with Crippen LogP contribution in [0, 0.1) is 0 Å². The van der Waals surface area contributed by atoms with Crippen molar-refractivity contribution in [3.63, 3.8) is 0 Å². The second-order valence-corrected chi connectivity index (χ2v) is 14.8. The van der Waals surface area contributed by atoms with Crippen LogP contribution in [0.4, 0.5) is 17.1 Å². The number of para-hydroxylation sites is 2. The summed E-state index contributed by atoms with van der Waals surface area (Å²) < 4.78 is 13.1. The number of rotatable bonds is 5. The van der Waals surface area contributed by atoms with Gasteiger partial charge in [0.1, 0.15) is 22.3 Å². The highest BCUT2D eigenvalue weighted by Gasteiger charge is 2.22. The van der Waals surface area contributed by atoms with Crippen molar-refractivity contribution in [3.8, 4) is 22.3 Å². The Labute approximate surface area is 328 Å².